The molecule has 112 valence electrons. The summed E-state index contributed by atoms with van der Waals surface area (Å²) in [5, 5.41) is 10.7. The number of carbonyl (C=O) groups excluding carboxylic acids is 2. The summed E-state index contributed by atoms with van der Waals surface area (Å²) in [4.78, 5) is 35.0. The molecule has 7 heteroatoms. The van der Waals surface area contributed by atoms with Crippen LogP contribution >= 0.6 is 0 Å². The topological polar surface area (TPSA) is 89.8 Å². The van der Waals surface area contributed by atoms with Crippen LogP contribution in [0.4, 0.5) is 5.69 Å². The highest BCUT2D eigenvalue weighted by Crippen LogP contribution is 2.15. The van der Waals surface area contributed by atoms with E-state index in [0.717, 1.165) is 0 Å². The molecule has 21 heavy (non-hydrogen) atoms. The first kappa shape index (κ1) is 16.4. The van der Waals surface area contributed by atoms with Crippen molar-refractivity contribution in [3.8, 4) is 0 Å². The predicted molar refractivity (Wildman–Crippen MR) is 75.8 cm³/mol. The molecule has 0 atom stereocenters. The highest BCUT2D eigenvalue weighted by molar-refractivity contribution is 5.95. The maximum atomic E-state index is 12.3. The van der Waals surface area contributed by atoms with Gasteiger partial charge < -0.3 is 9.64 Å². The van der Waals surface area contributed by atoms with Crippen LogP contribution in [-0.2, 0) is 9.53 Å². The third kappa shape index (κ3) is 4.72. The van der Waals surface area contributed by atoms with E-state index in [1.54, 1.807) is 0 Å². The van der Waals surface area contributed by atoms with Crippen molar-refractivity contribution in [2.45, 2.75) is 6.42 Å². The molecular weight excluding hydrogens is 276 g/mol. The first-order chi connectivity index (χ1) is 9.99. The van der Waals surface area contributed by atoms with Gasteiger partial charge in [0.15, 0.2) is 0 Å². The molecule has 0 saturated heterocycles. The molecule has 0 spiro atoms. The van der Waals surface area contributed by atoms with Crippen LogP contribution in [-0.4, -0.2) is 41.9 Å². The second-order valence-corrected chi connectivity index (χ2v) is 4.17. The Balaban J connectivity index is 2.89. The molecule has 0 unspecified atom stereocenters. The Morgan fingerprint density at radius 1 is 1.48 bits per heavy atom. The lowest BCUT2D eigenvalue weighted by Crippen LogP contribution is -2.33. The molecule has 0 fully saturated rings. The number of amides is 1. The van der Waals surface area contributed by atoms with E-state index in [1.165, 1.54) is 42.4 Å². The summed E-state index contributed by atoms with van der Waals surface area (Å²) in [6, 6.07) is 5.45. The van der Waals surface area contributed by atoms with Crippen LogP contribution in [0.25, 0.3) is 0 Å². The molecule has 1 aromatic carbocycles. The van der Waals surface area contributed by atoms with Crippen molar-refractivity contribution in [2.75, 3.05) is 20.2 Å². The molecular formula is C14H16N2O5. The largest absolute Gasteiger partial charge is 0.469 e. The van der Waals surface area contributed by atoms with Gasteiger partial charge >= 0.3 is 5.97 Å². The molecule has 0 heterocycles. The van der Waals surface area contributed by atoms with Gasteiger partial charge in [0.25, 0.3) is 11.6 Å². The minimum absolute atomic E-state index is 0.0466. The van der Waals surface area contributed by atoms with Crippen molar-refractivity contribution in [2.24, 2.45) is 0 Å². The molecule has 0 radical (unpaired) electrons. The number of hydrogen-bond donors (Lipinski definition) is 0. The third-order valence-corrected chi connectivity index (χ3v) is 2.75. The number of carbonyl (C=O) groups is 2. The van der Waals surface area contributed by atoms with Gasteiger partial charge in [0, 0.05) is 30.8 Å². The Morgan fingerprint density at radius 2 is 2.19 bits per heavy atom. The zero-order valence-corrected chi connectivity index (χ0v) is 11.7. The van der Waals surface area contributed by atoms with Gasteiger partial charge in [-0.1, -0.05) is 12.1 Å². The lowest BCUT2D eigenvalue weighted by Gasteiger charge is -2.20. The van der Waals surface area contributed by atoms with Gasteiger partial charge in [-0.2, -0.15) is 0 Å². The van der Waals surface area contributed by atoms with Crippen molar-refractivity contribution < 1.29 is 19.2 Å². The van der Waals surface area contributed by atoms with E-state index in [-0.39, 0.29) is 30.8 Å². The molecule has 0 bridgehead atoms. The van der Waals surface area contributed by atoms with Crippen LogP contribution < -0.4 is 0 Å². The molecule has 1 aromatic rings. The normalized spacial score (nSPS) is 9.76. The van der Waals surface area contributed by atoms with Gasteiger partial charge in [-0.05, 0) is 6.07 Å². The number of rotatable bonds is 7. The van der Waals surface area contributed by atoms with Crippen LogP contribution in [0.5, 0.6) is 0 Å². The van der Waals surface area contributed by atoms with Gasteiger partial charge in [0.2, 0.25) is 0 Å². The maximum absolute atomic E-state index is 12.3. The predicted octanol–water partition coefficient (Wildman–Crippen LogP) is 1.79. The van der Waals surface area contributed by atoms with Gasteiger partial charge in [-0.15, -0.1) is 6.58 Å². The van der Waals surface area contributed by atoms with Gasteiger partial charge in [0.05, 0.1) is 18.5 Å². The summed E-state index contributed by atoms with van der Waals surface area (Å²) in [5.41, 5.74) is 0.0308. The van der Waals surface area contributed by atoms with Gasteiger partial charge in [-0.25, -0.2) is 0 Å². The fraction of sp³-hybridized carbons (Fsp3) is 0.286. The van der Waals surface area contributed by atoms with Crippen molar-refractivity contribution in [1.29, 1.82) is 0 Å². The summed E-state index contributed by atoms with van der Waals surface area (Å²) in [5.74, 6) is -0.835. The molecule has 7 nitrogen and oxygen atoms in total. The highest BCUT2D eigenvalue weighted by Gasteiger charge is 2.18. The van der Waals surface area contributed by atoms with Crippen LogP contribution in [0.3, 0.4) is 0 Å². The number of methoxy groups -OCH3 is 1. The number of esters is 1. The first-order valence-electron chi connectivity index (χ1n) is 6.21. The molecule has 0 aliphatic heterocycles. The Morgan fingerprint density at radius 3 is 2.76 bits per heavy atom. The monoisotopic (exact) mass is 292 g/mol. The number of ether oxygens (including phenoxy) is 1. The smallest absolute Gasteiger partial charge is 0.307 e. The SMILES string of the molecule is C=CCN(CCC(=O)OC)C(=O)c1cccc([N+](=O)[O-])c1. The number of nitro benzene ring substituents is 1. The van der Waals surface area contributed by atoms with Crippen molar-refractivity contribution in [3.63, 3.8) is 0 Å². The summed E-state index contributed by atoms with van der Waals surface area (Å²) in [6.07, 6.45) is 1.57. The lowest BCUT2D eigenvalue weighted by atomic mass is 10.1. The summed E-state index contributed by atoms with van der Waals surface area (Å²) in [6.45, 7) is 3.94. The Kier molecular flexibility index (Phi) is 6.06. The Hall–Kier alpha value is -2.70. The number of benzene rings is 1. The molecule has 0 aliphatic carbocycles. The minimum Gasteiger partial charge on any atom is -0.469 e. The fourth-order valence-electron chi connectivity index (χ4n) is 1.69. The quantitative estimate of drug-likeness (QED) is 0.331. The van der Waals surface area contributed by atoms with E-state index in [1.807, 2.05) is 0 Å². The number of non-ortho nitro benzene ring substituents is 1. The van der Waals surface area contributed by atoms with Gasteiger partial charge in [0.1, 0.15) is 0 Å². The van der Waals surface area contributed by atoms with Crippen LogP contribution in [0.1, 0.15) is 16.8 Å². The van der Waals surface area contributed by atoms with E-state index in [4.69, 9.17) is 0 Å². The average Bonchev–Trinajstić information content (AvgIpc) is 2.50. The molecule has 1 amide bonds. The fourth-order valence-corrected chi connectivity index (χ4v) is 1.69. The highest BCUT2D eigenvalue weighted by atomic mass is 16.6. The average molecular weight is 292 g/mol. The summed E-state index contributed by atoms with van der Waals surface area (Å²) >= 11 is 0. The Labute approximate surface area is 122 Å². The maximum Gasteiger partial charge on any atom is 0.307 e. The first-order valence-corrected chi connectivity index (χ1v) is 6.21. The van der Waals surface area contributed by atoms with E-state index >= 15 is 0 Å². The van der Waals surface area contributed by atoms with Crippen molar-refractivity contribution >= 4 is 17.6 Å². The van der Waals surface area contributed by atoms with E-state index < -0.39 is 16.8 Å². The van der Waals surface area contributed by atoms with Crippen LogP contribution in [0.15, 0.2) is 36.9 Å². The summed E-state index contributed by atoms with van der Waals surface area (Å²) < 4.78 is 4.52. The zero-order chi connectivity index (χ0) is 15.8. The molecule has 1 rings (SSSR count). The second-order valence-electron chi connectivity index (χ2n) is 4.17. The van der Waals surface area contributed by atoms with Crippen molar-refractivity contribution in [1.82, 2.24) is 4.90 Å². The van der Waals surface area contributed by atoms with E-state index in [9.17, 15) is 19.7 Å². The molecule has 0 saturated carbocycles. The molecule has 0 aliphatic rings. The van der Waals surface area contributed by atoms with Crippen LogP contribution in [0.2, 0.25) is 0 Å². The van der Waals surface area contributed by atoms with Gasteiger partial charge in [-0.3, -0.25) is 19.7 Å². The molecule has 0 aromatic heterocycles. The summed E-state index contributed by atoms with van der Waals surface area (Å²) in [7, 11) is 1.27. The second kappa shape index (κ2) is 7.78. The standard InChI is InChI=1S/C14H16N2O5/c1-3-8-15(9-7-13(17)21-2)14(18)11-5-4-6-12(10-11)16(19)20/h3-6,10H,1,7-9H2,2H3. The van der Waals surface area contributed by atoms with Crippen LogP contribution in [0, 0.1) is 10.1 Å². The zero-order valence-electron chi connectivity index (χ0n) is 11.7. The van der Waals surface area contributed by atoms with E-state index in [2.05, 4.69) is 11.3 Å². The minimum atomic E-state index is -0.566. The number of hydrogen-bond acceptors (Lipinski definition) is 5. The van der Waals surface area contributed by atoms with E-state index in [0.29, 0.717) is 0 Å². The Bertz CT molecular complexity index is 556. The lowest BCUT2D eigenvalue weighted by molar-refractivity contribution is -0.384. The third-order valence-electron chi connectivity index (χ3n) is 2.75. The number of nitrogens with zero attached hydrogens (tertiary/aromatic N) is 2. The van der Waals surface area contributed by atoms with Crippen molar-refractivity contribution in [3.05, 3.63) is 52.6 Å². The number of nitro groups is 1. The molecule has 0 N–H and O–H groups in total.